The van der Waals surface area contributed by atoms with Crippen molar-refractivity contribution in [2.75, 3.05) is 0 Å². The SMILES string of the molecule is ClSc1[c]c[c]cc1. The van der Waals surface area contributed by atoms with Gasteiger partial charge in [0.25, 0.3) is 0 Å². The monoisotopic (exact) mass is 142 g/mol. The van der Waals surface area contributed by atoms with Gasteiger partial charge in [0.2, 0.25) is 0 Å². The second-order valence-corrected chi connectivity index (χ2v) is 2.29. The molecule has 1 aromatic rings. The lowest BCUT2D eigenvalue weighted by Gasteiger charge is -1.85. The topological polar surface area (TPSA) is 0 Å². The van der Waals surface area contributed by atoms with Crippen molar-refractivity contribution in [2.24, 2.45) is 0 Å². The quantitative estimate of drug-likeness (QED) is 0.581. The maximum absolute atomic E-state index is 5.40. The highest BCUT2D eigenvalue weighted by atomic mass is 35.7. The molecule has 0 bridgehead atoms. The van der Waals surface area contributed by atoms with Crippen molar-refractivity contribution in [3.05, 3.63) is 30.3 Å². The Bertz CT molecular complexity index is 150. The highest BCUT2D eigenvalue weighted by Crippen LogP contribution is 2.19. The molecular weight excluding hydrogens is 140 g/mol. The van der Waals surface area contributed by atoms with E-state index in [-0.39, 0.29) is 0 Å². The zero-order valence-electron chi connectivity index (χ0n) is 4.02. The van der Waals surface area contributed by atoms with Crippen LogP contribution in [0, 0.1) is 12.1 Å². The van der Waals surface area contributed by atoms with Crippen LogP contribution in [0.5, 0.6) is 0 Å². The van der Waals surface area contributed by atoms with Crippen molar-refractivity contribution in [3.8, 4) is 0 Å². The number of benzene rings is 1. The molecule has 0 heterocycles. The molecule has 0 nitrogen and oxygen atoms in total. The third-order valence-corrected chi connectivity index (χ3v) is 1.63. The molecule has 8 heavy (non-hydrogen) atoms. The van der Waals surface area contributed by atoms with Gasteiger partial charge in [-0.3, -0.25) is 0 Å². The molecule has 0 aliphatic carbocycles. The van der Waals surface area contributed by atoms with Crippen LogP contribution in [-0.4, -0.2) is 0 Å². The summed E-state index contributed by atoms with van der Waals surface area (Å²) in [7, 11) is 6.56. The van der Waals surface area contributed by atoms with E-state index in [0.717, 1.165) is 4.90 Å². The van der Waals surface area contributed by atoms with Crippen molar-refractivity contribution in [3.63, 3.8) is 0 Å². The second-order valence-electron chi connectivity index (χ2n) is 1.23. The van der Waals surface area contributed by atoms with Crippen molar-refractivity contribution < 1.29 is 0 Å². The average molecular weight is 143 g/mol. The first-order valence-electron chi connectivity index (χ1n) is 2.10. The molecule has 0 aliphatic rings. The van der Waals surface area contributed by atoms with Crippen LogP contribution in [0.1, 0.15) is 0 Å². The fraction of sp³-hybridized carbons (Fsp3) is 0. The fourth-order valence-electron chi connectivity index (χ4n) is 0.381. The van der Waals surface area contributed by atoms with Gasteiger partial charge in [0, 0.05) is 4.90 Å². The largest absolute Gasteiger partial charge is 0.0532 e. The minimum absolute atomic E-state index is 0.936. The van der Waals surface area contributed by atoms with E-state index < -0.39 is 0 Å². The van der Waals surface area contributed by atoms with Crippen molar-refractivity contribution in [2.45, 2.75) is 4.90 Å². The van der Waals surface area contributed by atoms with Crippen LogP contribution in [-0.2, 0) is 0 Å². The summed E-state index contributed by atoms with van der Waals surface area (Å²) in [6, 6.07) is 11.1. The van der Waals surface area contributed by atoms with E-state index in [1.807, 2.05) is 6.07 Å². The van der Waals surface area contributed by atoms with Crippen LogP contribution < -0.4 is 0 Å². The Morgan fingerprint density at radius 2 is 2.50 bits per heavy atom. The third-order valence-electron chi connectivity index (χ3n) is 0.712. The first kappa shape index (κ1) is 5.99. The summed E-state index contributed by atoms with van der Waals surface area (Å²) in [6.45, 7) is 0. The van der Waals surface area contributed by atoms with E-state index in [2.05, 4.69) is 12.1 Å². The average Bonchev–Trinajstić information content (AvgIpc) is 1.90. The van der Waals surface area contributed by atoms with E-state index >= 15 is 0 Å². The highest BCUT2D eigenvalue weighted by molar-refractivity contribution is 8.21. The Morgan fingerprint density at radius 1 is 1.62 bits per heavy atom. The van der Waals surface area contributed by atoms with Gasteiger partial charge in [0.1, 0.15) is 0 Å². The molecule has 0 spiro atoms. The van der Waals surface area contributed by atoms with Crippen LogP contribution in [0.2, 0.25) is 0 Å². The maximum Gasteiger partial charge on any atom is 0.0312 e. The molecule has 0 aromatic heterocycles. The Kier molecular flexibility index (Phi) is 2.25. The van der Waals surface area contributed by atoms with Crippen LogP contribution in [0.3, 0.4) is 0 Å². The molecule has 0 aliphatic heterocycles. The summed E-state index contributed by atoms with van der Waals surface area (Å²) in [4.78, 5) is 0.936. The third kappa shape index (κ3) is 1.42. The van der Waals surface area contributed by atoms with Gasteiger partial charge in [-0.15, -0.1) is 0 Å². The molecule has 2 radical (unpaired) electrons. The summed E-state index contributed by atoms with van der Waals surface area (Å²) in [5.74, 6) is 0. The summed E-state index contributed by atoms with van der Waals surface area (Å²) in [6.07, 6.45) is 0. The molecule has 0 fully saturated rings. The van der Waals surface area contributed by atoms with Gasteiger partial charge >= 0.3 is 0 Å². The van der Waals surface area contributed by atoms with Crippen LogP contribution in [0.15, 0.2) is 23.1 Å². The molecule has 0 N–H and O–H groups in total. The lowest BCUT2D eigenvalue weighted by Crippen LogP contribution is -1.61. The molecule has 0 amide bonds. The minimum Gasteiger partial charge on any atom is -0.0532 e. The Balaban J connectivity index is 2.83. The predicted molar refractivity (Wildman–Crippen MR) is 35.8 cm³/mol. The van der Waals surface area contributed by atoms with Crippen molar-refractivity contribution >= 4 is 21.7 Å². The summed E-state index contributed by atoms with van der Waals surface area (Å²) < 4.78 is 0. The highest BCUT2D eigenvalue weighted by Gasteiger charge is 1.84. The zero-order valence-corrected chi connectivity index (χ0v) is 5.59. The maximum atomic E-state index is 5.40. The standard InChI is InChI=1S/C6H3ClS/c7-8-6-4-2-1-3-5-6/h2-4H. The fourth-order valence-corrected chi connectivity index (χ4v) is 0.892. The van der Waals surface area contributed by atoms with E-state index in [9.17, 15) is 0 Å². The second kappa shape index (κ2) is 3.00. The Labute approximate surface area is 57.4 Å². The molecule has 0 saturated heterocycles. The molecule has 0 atom stereocenters. The zero-order chi connectivity index (χ0) is 5.82. The van der Waals surface area contributed by atoms with E-state index in [4.69, 9.17) is 10.7 Å². The molecule has 40 valence electrons. The smallest absolute Gasteiger partial charge is 0.0312 e. The number of hydrogen-bond donors (Lipinski definition) is 0. The molecule has 1 rings (SSSR count). The van der Waals surface area contributed by atoms with Crippen molar-refractivity contribution in [1.82, 2.24) is 0 Å². The van der Waals surface area contributed by atoms with Gasteiger partial charge in [-0.05, 0) is 45.9 Å². The molecule has 2 heteroatoms. The van der Waals surface area contributed by atoms with Gasteiger partial charge in [-0.2, -0.15) is 0 Å². The van der Waals surface area contributed by atoms with E-state index in [1.165, 1.54) is 11.0 Å². The molecular formula is C6H3ClS. The molecule has 0 unspecified atom stereocenters. The van der Waals surface area contributed by atoms with Gasteiger partial charge in [-0.1, -0.05) is 6.07 Å². The van der Waals surface area contributed by atoms with Crippen LogP contribution in [0.4, 0.5) is 0 Å². The van der Waals surface area contributed by atoms with Gasteiger partial charge in [0.05, 0.1) is 0 Å². The first-order chi connectivity index (χ1) is 3.93. The predicted octanol–water partition coefficient (Wildman–Crippen LogP) is 2.53. The van der Waals surface area contributed by atoms with Gasteiger partial charge in [0.15, 0.2) is 0 Å². The van der Waals surface area contributed by atoms with E-state index in [1.54, 1.807) is 12.1 Å². The summed E-state index contributed by atoms with van der Waals surface area (Å²) >= 11 is 0. The number of rotatable bonds is 1. The van der Waals surface area contributed by atoms with E-state index in [0.29, 0.717) is 0 Å². The number of hydrogen-bond acceptors (Lipinski definition) is 1. The normalized spacial score (nSPS) is 9.12. The van der Waals surface area contributed by atoms with Gasteiger partial charge in [-0.25, -0.2) is 0 Å². The van der Waals surface area contributed by atoms with Crippen LogP contribution >= 0.6 is 21.7 Å². The van der Waals surface area contributed by atoms with Crippen molar-refractivity contribution in [1.29, 1.82) is 0 Å². The number of halogens is 1. The Hall–Kier alpha value is -0.140. The molecule has 1 aromatic carbocycles. The Morgan fingerprint density at radius 3 is 2.88 bits per heavy atom. The van der Waals surface area contributed by atoms with Gasteiger partial charge < -0.3 is 0 Å². The summed E-state index contributed by atoms with van der Waals surface area (Å²) in [5, 5.41) is 0. The summed E-state index contributed by atoms with van der Waals surface area (Å²) in [5.41, 5.74) is 0. The minimum atomic E-state index is 0.936. The first-order valence-corrected chi connectivity index (χ1v) is 3.74. The lowest BCUT2D eigenvalue weighted by atomic mass is 10.4. The lowest BCUT2D eigenvalue weighted by molar-refractivity contribution is 1.45. The molecule has 0 saturated carbocycles. The van der Waals surface area contributed by atoms with Crippen LogP contribution in [0.25, 0.3) is 0 Å².